The van der Waals surface area contributed by atoms with Crippen molar-refractivity contribution in [3.63, 3.8) is 0 Å². The van der Waals surface area contributed by atoms with Crippen LogP contribution in [0.5, 0.6) is 0 Å². The molecule has 0 aromatic heterocycles. The number of hydrogen-bond donors (Lipinski definition) is 0. The van der Waals surface area contributed by atoms with Crippen molar-refractivity contribution in [2.75, 3.05) is 6.61 Å². The van der Waals surface area contributed by atoms with Crippen LogP contribution in [0.4, 0.5) is 0 Å². The van der Waals surface area contributed by atoms with E-state index in [1.807, 2.05) is 13.8 Å². The summed E-state index contributed by atoms with van der Waals surface area (Å²) in [6.45, 7) is 48.6. The van der Waals surface area contributed by atoms with Gasteiger partial charge in [0.05, 0.1) is 11.5 Å². The van der Waals surface area contributed by atoms with E-state index in [9.17, 15) is 9.59 Å². The van der Waals surface area contributed by atoms with Crippen LogP contribution in [-0.2, 0) is 33.8 Å². The summed E-state index contributed by atoms with van der Waals surface area (Å²) in [5.41, 5.74) is -2.43. The summed E-state index contributed by atoms with van der Waals surface area (Å²) < 4.78 is 6.70. The monoisotopic (exact) mass is 723 g/mol. The van der Waals surface area contributed by atoms with Gasteiger partial charge >= 0.3 is 19.5 Å². The smallest absolute Gasteiger partial charge is 0.648 e. The summed E-state index contributed by atoms with van der Waals surface area (Å²) in [7, 11) is 0. The molecule has 0 aromatic carbocycles. The Hall–Kier alpha value is -0.277. The molecular weight excluding hydrogens is 644 g/mol. The molecule has 0 rings (SSSR count). The summed E-state index contributed by atoms with van der Waals surface area (Å²) in [4.78, 5) is 27.4. The van der Waals surface area contributed by atoms with Crippen molar-refractivity contribution in [1.29, 1.82) is 0 Å². The van der Waals surface area contributed by atoms with Gasteiger partial charge in [-0.25, -0.2) is 0 Å². The van der Waals surface area contributed by atoms with Crippen LogP contribution in [0.3, 0.4) is 0 Å². The summed E-state index contributed by atoms with van der Waals surface area (Å²) >= 11 is 0. The van der Waals surface area contributed by atoms with Gasteiger partial charge in [0.25, 0.3) is 0 Å². The normalized spacial score (nSPS) is 15.1. The fourth-order valence-electron chi connectivity index (χ4n) is 8.00. The minimum absolute atomic E-state index is 0. The number of Topliss-reactive ketones (excluding diaryl/α,β-unsaturated/α-hetero) is 1. The predicted octanol–water partition coefficient (Wildman–Crippen LogP) is 12.2. The van der Waals surface area contributed by atoms with E-state index in [4.69, 9.17) is 10.1 Å². The Morgan fingerprint density at radius 1 is 0.489 bits per heavy atom. The van der Waals surface area contributed by atoms with E-state index in [1.54, 1.807) is 0 Å². The molecule has 0 aliphatic heterocycles. The molecule has 4 nitrogen and oxygen atoms in total. The van der Waals surface area contributed by atoms with Crippen molar-refractivity contribution in [1.82, 2.24) is 0 Å². The Balaban J connectivity index is 0. The molecule has 0 spiro atoms. The van der Waals surface area contributed by atoms with Crippen LogP contribution in [0.2, 0.25) is 0 Å². The van der Waals surface area contributed by atoms with Gasteiger partial charge in [-0.05, 0) is 66.6 Å². The van der Waals surface area contributed by atoms with Gasteiger partial charge in [0, 0.05) is 22.9 Å². The quantitative estimate of drug-likeness (QED) is 0.149. The second-order valence-corrected chi connectivity index (χ2v) is 21.8. The van der Waals surface area contributed by atoms with Gasteiger partial charge in [0.1, 0.15) is 5.78 Å². The first-order chi connectivity index (χ1) is 18.8. The topological polar surface area (TPSA) is 57.5 Å². The van der Waals surface area contributed by atoms with Crippen molar-refractivity contribution in [3.05, 3.63) is 5.32 Å². The molecule has 5 heteroatoms. The molecule has 269 valence electrons. The van der Waals surface area contributed by atoms with E-state index >= 15 is 0 Å². The first kappa shape index (κ1) is 46.8. The number of ketones is 1. The standard InChI is InChI=1S/C40H79NO3.Ru/c1-31(2,3)25-33(7,8)29(42)34(9,10)27-37(15,16)36(13,14)23-24-44-40(21,22)38(17,18)28-35(11,12)30(43)41-39(19,20)26-32(4,5)6;/h23-28H2,1-22H3,(H,41,43);/q;+1/p-1. The second-order valence-electron chi connectivity index (χ2n) is 21.8. The Kier molecular flexibility index (Phi) is 15.3. The SMILES string of the molecule is CC(C)(C)CC(C)(C)[N-]C(=O)C(C)(C)CC(C)(C)C(C)(C)OCCC(C)(C)C(C)(C)CC(C)(C)C(=O)C(C)(C)CC(C)(C)C.[Ru+]. The second kappa shape index (κ2) is 14.7. The summed E-state index contributed by atoms with van der Waals surface area (Å²) in [6.07, 6.45) is 4.10. The van der Waals surface area contributed by atoms with Crippen molar-refractivity contribution in [2.45, 2.75) is 196 Å². The Morgan fingerprint density at radius 3 is 1.27 bits per heavy atom. The van der Waals surface area contributed by atoms with Gasteiger partial charge in [-0.15, -0.1) is 5.54 Å². The van der Waals surface area contributed by atoms with Crippen LogP contribution < -0.4 is 0 Å². The molecule has 0 bridgehead atoms. The zero-order chi connectivity index (χ0) is 35.8. The number of nitrogens with zero attached hydrogens (tertiary/aromatic N) is 1. The van der Waals surface area contributed by atoms with E-state index in [1.165, 1.54) is 0 Å². The maximum Gasteiger partial charge on any atom is 1.00 e. The van der Waals surface area contributed by atoms with Gasteiger partial charge in [-0.3, -0.25) is 4.79 Å². The number of rotatable bonds is 16. The van der Waals surface area contributed by atoms with Crippen molar-refractivity contribution >= 4 is 11.7 Å². The van der Waals surface area contributed by atoms with Crippen molar-refractivity contribution in [2.24, 2.45) is 43.3 Å². The number of hydrogen-bond acceptors (Lipinski definition) is 3. The zero-order valence-electron chi connectivity index (χ0n) is 34.3. The number of carbonyl (C=O) groups excluding carboxylic acids is 2. The van der Waals surface area contributed by atoms with Crippen LogP contribution >= 0.6 is 0 Å². The van der Waals surface area contributed by atoms with Gasteiger partial charge < -0.3 is 14.8 Å². The Labute approximate surface area is 295 Å². The summed E-state index contributed by atoms with van der Waals surface area (Å²) in [5.74, 6) is 0.329. The predicted molar refractivity (Wildman–Crippen MR) is 192 cm³/mol. The number of amides is 1. The Bertz CT molecular complexity index is 982. The maximum atomic E-state index is 13.9. The fourth-order valence-corrected chi connectivity index (χ4v) is 8.00. The van der Waals surface area contributed by atoms with E-state index < -0.39 is 22.0 Å². The summed E-state index contributed by atoms with van der Waals surface area (Å²) in [6, 6.07) is 0. The van der Waals surface area contributed by atoms with E-state index in [0.717, 1.165) is 25.7 Å². The molecule has 0 fully saturated rings. The van der Waals surface area contributed by atoms with E-state index in [0.29, 0.717) is 18.8 Å². The molecule has 1 radical (unpaired) electrons. The molecule has 1 amide bonds. The van der Waals surface area contributed by atoms with Crippen LogP contribution in [0, 0.1) is 43.3 Å². The van der Waals surface area contributed by atoms with Crippen molar-refractivity contribution in [3.8, 4) is 0 Å². The third kappa shape index (κ3) is 14.4. The van der Waals surface area contributed by atoms with E-state index in [2.05, 4.69) is 138 Å². The minimum atomic E-state index is -0.598. The van der Waals surface area contributed by atoms with Crippen LogP contribution in [-0.4, -0.2) is 29.4 Å². The average Bonchev–Trinajstić information content (AvgIpc) is 2.66. The molecule has 0 N–H and O–H groups in total. The third-order valence-electron chi connectivity index (χ3n) is 10.6. The third-order valence-corrected chi connectivity index (χ3v) is 10.6. The first-order valence-corrected chi connectivity index (χ1v) is 17.3. The molecule has 0 unspecified atom stereocenters. The van der Waals surface area contributed by atoms with Gasteiger partial charge in [-0.1, -0.05) is 145 Å². The minimum Gasteiger partial charge on any atom is -0.648 e. The van der Waals surface area contributed by atoms with Gasteiger partial charge in [0.15, 0.2) is 0 Å². The largest absolute Gasteiger partial charge is 1.00 e. The fraction of sp³-hybridized carbons (Fsp3) is 0.950. The van der Waals surface area contributed by atoms with Gasteiger partial charge in [-0.2, -0.15) is 0 Å². The molecule has 0 aliphatic rings. The van der Waals surface area contributed by atoms with Crippen LogP contribution in [0.15, 0.2) is 0 Å². The molecule has 0 saturated carbocycles. The first-order valence-electron chi connectivity index (χ1n) is 17.3. The van der Waals surface area contributed by atoms with Gasteiger partial charge in [0.2, 0.25) is 0 Å². The van der Waals surface area contributed by atoms with Crippen molar-refractivity contribution < 1.29 is 33.8 Å². The molecule has 0 saturated heterocycles. The number of ether oxygens (including phenoxy) is 1. The number of carbonyl (C=O) groups is 2. The maximum absolute atomic E-state index is 13.9. The van der Waals surface area contributed by atoms with E-state index in [-0.39, 0.29) is 57.9 Å². The molecule has 0 atom stereocenters. The van der Waals surface area contributed by atoms with Crippen LogP contribution in [0.1, 0.15) is 184 Å². The molecule has 0 aliphatic carbocycles. The molecular formula is C40H78NO3Ru. The Morgan fingerprint density at radius 2 is 0.867 bits per heavy atom. The molecule has 0 aromatic rings. The average molecular weight is 722 g/mol. The summed E-state index contributed by atoms with van der Waals surface area (Å²) in [5, 5.41) is 4.72. The zero-order valence-corrected chi connectivity index (χ0v) is 36.0. The molecule has 45 heavy (non-hydrogen) atoms. The van der Waals surface area contributed by atoms with Crippen LogP contribution in [0.25, 0.3) is 5.32 Å². The molecule has 0 heterocycles.